The van der Waals surface area contributed by atoms with E-state index in [9.17, 15) is 4.39 Å². The van der Waals surface area contributed by atoms with E-state index in [0.29, 0.717) is 12.4 Å². The predicted molar refractivity (Wildman–Crippen MR) is 97.6 cm³/mol. The van der Waals surface area contributed by atoms with Crippen molar-refractivity contribution in [3.8, 4) is 5.75 Å². The fraction of sp³-hybridized carbons (Fsp3) is 0.368. The summed E-state index contributed by atoms with van der Waals surface area (Å²) in [7, 11) is 2.10. The number of aromatic nitrogens is 4. The van der Waals surface area contributed by atoms with E-state index in [2.05, 4.69) is 46.7 Å². The summed E-state index contributed by atoms with van der Waals surface area (Å²) in [5, 5.41) is 7.76. The Balaban J connectivity index is 1.50. The lowest BCUT2D eigenvalue weighted by Gasteiger charge is -2.17. The molecule has 0 bridgehead atoms. The van der Waals surface area contributed by atoms with Crippen LogP contribution in [0.3, 0.4) is 0 Å². The van der Waals surface area contributed by atoms with E-state index in [1.54, 1.807) is 24.8 Å². The lowest BCUT2D eigenvalue weighted by molar-refractivity contribution is 0.258. The van der Waals surface area contributed by atoms with Gasteiger partial charge in [0.1, 0.15) is 24.2 Å². The minimum Gasteiger partial charge on any atom is -0.494 e. The number of halogens is 1. The molecule has 0 saturated heterocycles. The molecule has 138 valence electrons. The number of ether oxygens (including phenoxy) is 1. The van der Waals surface area contributed by atoms with Crippen LogP contribution < -0.4 is 4.74 Å². The molecule has 6 nitrogen and oxygen atoms in total. The lowest BCUT2D eigenvalue weighted by atomic mass is 10.2. The molecule has 0 spiro atoms. The highest BCUT2D eigenvalue weighted by Crippen LogP contribution is 2.17. The molecular formula is C19H24FN5O. The summed E-state index contributed by atoms with van der Waals surface area (Å²) in [4.78, 5) is 2.27. The van der Waals surface area contributed by atoms with Gasteiger partial charge in [-0.2, -0.15) is 0 Å². The van der Waals surface area contributed by atoms with Crippen LogP contribution in [0.15, 0.2) is 43.0 Å². The molecule has 2 aromatic heterocycles. The molecular weight excluding hydrogens is 333 g/mol. The minimum atomic E-state index is -0.249. The first-order valence-corrected chi connectivity index (χ1v) is 8.64. The van der Waals surface area contributed by atoms with E-state index < -0.39 is 0 Å². The summed E-state index contributed by atoms with van der Waals surface area (Å²) >= 11 is 0. The Morgan fingerprint density at radius 2 is 1.81 bits per heavy atom. The van der Waals surface area contributed by atoms with Gasteiger partial charge < -0.3 is 9.64 Å². The Morgan fingerprint density at radius 3 is 2.50 bits per heavy atom. The average Bonchev–Trinajstić information content (AvgIpc) is 3.22. The molecule has 0 saturated carbocycles. The monoisotopic (exact) mass is 357 g/mol. The molecule has 0 fully saturated rings. The third-order valence-electron chi connectivity index (χ3n) is 4.34. The number of hydrogen-bond acceptors (Lipinski definition) is 4. The van der Waals surface area contributed by atoms with Gasteiger partial charge >= 0.3 is 0 Å². The summed E-state index contributed by atoms with van der Waals surface area (Å²) in [6.45, 7) is 6.56. The Hall–Kier alpha value is -2.67. The van der Waals surface area contributed by atoms with E-state index in [1.165, 1.54) is 23.4 Å². The SMILES string of the molecule is Cc1cc(CN(C)CCCOc2ccc(F)cc2)c(C)n1-n1cnnc1. The number of aryl methyl sites for hydroxylation is 1. The topological polar surface area (TPSA) is 48.1 Å². The molecule has 3 aromatic rings. The summed E-state index contributed by atoms with van der Waals surface area (Å²) in [6.07, 6.45) is 4.29. The van der Waals surface area contributed by atoms with Crippen molar-refractivity contribution in [3.05, 3.63) is 65.8 Å². The Labute approximate surface area is 152 Å². The van der Waals surface area contributed by atoms with Gasteiger partial charge in [0.05, 0.1) is 6.61 Å². The van der Waals surface area contributed by atoms with E-state index in [4.69, 9.17) is 4.74 Å². The van der Waals surface area contributed by atoms with Crippen LogP contribution in [0.25, 0.3) is 0 Å². The van der Waals surface area contributed by atoms with Crippen LogP contribution in [0.4, 0.5) is 4.39 Å². The molecule has 0 N–H and O–H groups in total. The maximum Gasteiger partial charge on any atom is 0.139 e. The van der Waals surface area contributed by atoms with Crippen molar-refractivity contribution in [3.63, 3.8) is 0 Å². The molecule has 7 heteroatoms. The van der Waals surface area contributed by atoms with Crippen LogP contribution in [0.5, 0.6) is 5.75 Å². The van der Waals surface area contributed by atoms with Crippen molar-refractivity contribution in [1.82, 2.24) is 24.4 Å². The van der Waals surface area contributed by atoms with E-state index in [1.807, 2.05) is 4.68 Å². The zero-order valence-electron chi connectivity index (χ0n) is 15.4. The first kappa shape index (κ1) is 18.1. The second-order valence-electron chi connectivity index (χ2n) is 6.44. The van der Waals surface area contributed by atoms with Crippen molar-refractivity contribution >= 4 is 0 Å². The van der Waals surface area contributed by atoms with Crippen molar-refractivity contribution in [2.24, 2.45) is 0 Å². The Kier molecular flexibility index (Phi) is 5.68. The van der Waals surface area contributed by atoms with Crippen LogP contribution in [0.2, 0.25) is 0 Å². The molecule has 0 unspecified atom stereocenters. The van der Waals surface area contributed by atoms with Crippen LogP contribution in [0, 0.1) is 19.7 Å². The third-order valence-corrected chi connectivity index (χ3v) is 4.34. The van der Waals surface area contributed by atoms with Gasteiger partial charge in [-0.15, -0.1) is 10.2 Å². The molecule has 0 aliphatic rings. The summed E-state index contributed by atoms with van der Waals surface area (Å²) in [5.41, 5.74) is 3.60. The van der Waals surface area contributed by atoms with Gasteiger partial charge in [-0.25, -0.2) is 9.07 Å². The van der Waals surface area contributed by atoms with Gasteiger partial charge in [-0.3, -0.25) is 4.68 Å². The van der Waals surface area contributed by atoms with Gasteiger partial charge in [0.15, 0.2) is 0 Å². The molecule has 0 atom stereocenters. The normalized spacial score (nSPS) is 11.3. The minimum absolute atomic E-state index is 0.249. The van der Waals surface area contributed by atoms with Crippen molar-refractivity contribution in [2.75, 3.05) is 20.2 Å². The molecule has 0 radical (unpaired) electrons. The maximum atomic E-state index is 12.9. The number of rotatable bonds is 8. The van der Waals surface area contributed by atoms with Crippen molar-refractivity contribution in [1.29, 1.82) is 0 Å². The smallest absolute Gasteiger partial charge is 0.139 e. The van der Waals surface area contributed by atoms with Gasteiger partial charge in [-0.1, -0.05) is 0 Å². The molecule has 26 heavy (non-hydrogen) atoms. The highest BCUT2D eigenvalue weighted by atomic mass is 19.1. The van der Waals surface area contributed by atoms with Crippen LogP contribution in [0.1, 0.15) is 23.4 Å². The predicted octanol–water partition coefficient (Wildman–Crippen LogP) is 3.05. The Morgan fingerprint density at radius 1 is 1.12 bits per heavy atom. The van der Waals surface area contributed by atoms with Gasteiger partial charge in [0.2, 0.25) is 0 Å². The molecule has 0 amide bonds. The second kappa shape index (κ2) is 8.14. The first-order valence-electron chi connectivity index (χ1n) is 8.64. The fourth-order valence-corrected chi connectivity index (χ4v) is 3.06. The highest BCUT2D eigenvalue weighted by Gasteiger charge is 2.12. The van der Waals surface area contributed by atoms with Gasteiger partial charge in [0, 0.05) is 24.5 Å². The van der Waals surface area contributed by atoms with Crippen molar-refractivity contribution < 1.29 is 9.13 Å². The fourth-order valence-electron chi connectivity index (χ4n) is 3.06. The highest BCUT2D eigenvalue weighted by molar-refractivity contribution is 5.27. The molecule has 3 rings (SSSR count). The largest absolute Gasteiger partial charge is 0.494 e. The summed E-state index contributed by atoms with van der Waals surface area (Å²) in [6, 6.07) is 8.32. The number of benzene rings is 1. The van der Waals surface area contributed by atoms with Gasteiger partial charge in [0.25, 0.3) is 0 Å². The van der Waals surface area contributed by atoms with Crippen molar-refractivity contribution in [2.45, 2.75) is 26.8 Å². The Bertz CT molecular complexity index is 826. The van der Waals surface area contributed by atoms with Crippen LogP contribution >= 0.6 is 0 Å². The zero-order chi connectivity index (χ0) is 18.5. The summed E-state index contributed by atoms with van der Waals surface area (Å²) in [5.74, 6) is 0.452. The second-order valence-corrected chi connectivity index (χ2v) is 6.44. The third kappa shape index (κ3) is 4.29. The molecule has 1 aromatic carbocycles. The molecule has 2 heterocycles. The van der Waals surface area contributed by atoms with E-state index in [0.717, 1.165) is 25.2 Å². The summed E-state index contributed by atoms with van der Waals surface area (Å²) < 4.78 is 22.5. The number of hydrogen-bond donors (Lipinski definition) is 0. The lowest BCUT2D eigenvalue weighted by Crippen LogP contribution is -2.21. The molecule has 0 aliphatic carbocycles. The quantitative estimate of drug-likeness (QED) is 0.582. The van der Waals surface area contributed by atoms with Crippen LogP contribution in [-0.4, -0.2) is 44.6 Å². The molecule has 0 aliphatic heterocycles. The van der Waals surface area contributed by atoms with Crippen LogP contribution in [-0.2, 0) is 6.54 Å². The van der Waals surface area contributed by atoms with E-state index >= 15 is 0 Å². The van der Waals surface area contributed by atoms with Gasteiger partial charge in [-0.05, 0) is 63.2 Å². The van der Waals surface area contributed by atoms with E-state index in [-0.39, 0.29) is 5.82 Å². The number of nitrogens with zero attached hydrogens (tertiary/aromatic N) is 5. The average molecular weight is 357 g/mol. The first-order chi connectivity index (χ1) is 12.5. The zero-order valence-corrected chi connectivity index (χ0v) is 15.4. The maximum absolute atomic E-state index is 12.9. The standard InChI is InChI=1S/C19H24FN5O/c1-15-11-17(16(2)25(15)24-13-21-22-14-24)12-23(3)9-4-10-26-19-7-5-18(20)6-8-19/h5-8,11,13-14H,4,9-10,12H2,1-3H3.